The summed E-state index contributed by atoms with van der Waals surface area (Å²) >= 11 is 0. The Morgan fingerprint density at radius 3 is 2.88 bits per heavy atom. The molecule has 0 radical (unpaired) electrons. The van der Waals surface area contributed by atoms with Crippen LogP contribution in [0.2, 0.25) is 0 Å². The number of rotatable bonds is 6. The lowest BCUT2D eigenvalue weighted by Crippen LogP contribution is -2.53. The highest BCUT2D eigenvalue weighted by Crippen LogP contribution is 2.19. The summed E-state index contributed by atoms with van der Waals surface area (Å²) in [6.07, 6.45) is 4.07. The first-order chi connectivity index (χ1) is 8.24. The van der Waals surface area contributed by atoms with Crippen LogP contribution in [-0.4, -0.2) is 49.8 Å². The van der Waals surface area contributed by atoms with Crippen molar-refractivity contribution >= 4 is 5.97 Å². The molecule has 0 saturated carbocycles. The molecule has 0 aromatic carbocycles. The Morgan fingerprint density at radius 1 is 1.53 bits per heavy atom. The van der Waals surface area contributed by atoms with Gasteiger partial charge in [-0.05, 0) is 12.8 Å². The lowest BCUT2D eigenvalue weighted by Gasteiger charge is -2.39. The van der Waals surface area contributed by atoms with Crippen LogP contribution in [0.1, 0.15) is 39.5 Å². The molecule has 1 saturated heterocycles. The molecule has 17 heavy (non-hydrogen) atoms. The van der Waals surface area contributed by atoms with Crippen LogP contribution in [-0.2, 0) is 14.3 Å². The summed E-state index contributed by atoms with van der Waals surface area (Å²) in [5.74, 6) is -0.0983. The van der Waals surface area contributed by atoms with Gasteiger partial charge in [-0.2, -0.15) is 0 Å². The van der Waals surface area contributed by atoms with E-state index in [0.717, 1.165) is 45.4 Å². The number of ether oxygens (including phenoxy) is 2. The molecule has 0 aliphatic carbocycles. The van der Waals surface area contributed by atoms with Crippen LogP contribution >= 0.6 is 0 Å². The topological polar surface area (TPSA) is 38.8 Å². The number of carbonyl (C=O) groups excluding carboxylic acids is 1. The Hall–Kier alpha value is -0.610. The van der Waals surface area contributed by atoms with Gasteiger partial charge in [0.05, 0.1) is 20.3 Å². The number of methoxy groups -OCH3 is 1. The molecule has 1 aliphatic rings. The smallest absolute Gasteiger partial charge is 0.323 e. The summed E-state index contributed by atoms with van der Waals surface area (Å²) in [6, 6.07) is 0.263. The number of nitrogens with zero attached hydrogens (tertiary/aromatic N) is 1. The van der Waals surface area contributed by atoms with Gasteiger partial charge in [0, 0.05) is 12.6 Å². The lowest BCUT2D eigenvalue weighted by molar-refractivity contribution is -0.151. The van der Waals surface area contributed by atoms with Crippen LogP contribution in [0.25, 0.3) is 0 Å². The average molecular weight is 243 g/mol. The molecule has 100 valence electrons. The van der Waals surface area contributed by atoms with Gasteiger partial charge in [0.15, 0.2) is 0 Å². The molecule has 0 bridgehead atoms. The van der Waals surface area contributed by atoms with Crippen LogP contribution < -0.4 is 0 Å². The zero-order valence-corrected chi connectivity index (χ0v) is 11.3. The number of hydrogen-bond acceptors (Lipinski definition) is 4. The highest BCUT2D eigenvalue weighted by molar-refractivity contribution is 5.75. The van der Waals surface area contributed by atoms with Crippen molar-refractivity contribution in [2.24, 2.45) is 0 Å². The van der Waals surface area contributed by atoms with E-state index in [9.17, 15) is 4.79 Å². The Balaban J connectivity index is 2.68. The first-order valence-corrected chi connectivity index (χ1v) is 6.65. The fourth-order valence-corrected chi connectivity index (χ4v) is 2.38. The molecule has 4 heteroatoms. The van der Waals surface area contributed by atoms with E-state index in [2.05, 4.69) is 18.7 Å². The van der Waals surface area contributed by atoms with Gasteiger partial charge in [0.2, 0.25) is 0 Å². The second kappa shape index (κ2) is 7.67. The monoisotopic (exact) mass is 243 g/mol. The van der Waals surface area contributed by atoms with Crippen LogP contribution in [0, 0.1) is 0 Å². The summed E-state index contributed by atoms with van der Waals surface area (Å²) in [5.41, 5.74) is 0. The number of morpholine rings is 1. The minimum atomic E-state index is -0.0983. The van der Waals surface area contributed by atoms with Gasteiger partial charge in [0.25, 0.3) is 0 Å². The maximum atomic E-state index is 11.9. The molecule has 2 unspecified atom stereocenters. The first kappa shape index (κ1) is 14.5. The quantitative estimate of drug-likeness (QED) is 0.667. The van der Waals surface area contributed by atoms with Gasteiger partial charge < -0.3 is 9.47 Å². The predicted octanol–water partition coefficient (Wildman–Crippen LogP) is 1.83. The van der Waals surface area contributed by atoms with Crippen molar-refractivity contribution in [3.05, 3.63) is 0 Å². The van der Waals surface area contributed by atoms with Gasteiger partial charge in [-0.3, -0.25) is 9.69 Å². The van der Waals surface area contributed by atoms with Crippen molar-refractivity contribution < 1.29 is 14.3 Å². The highest BCUT2D eigenvalue weighted by atomic mass is 16.5. The van der Waals surface area contributed by atoms with E-state index >= 15 is 0 Å². The van der Waals surface area contributed by atoms with E-state index in [1.807, 2.05) is 0 Å². The summed E-state index contributed by atoms with van der Waals surface area (Å²) in [6.45, 7) is 6.57. The normalized spacial score (nSPS) is 23.4. The van der Waals surface area contributed by atoms with Gasteiger partial charge in [0.1, 0.15) is 6.04 Å². The van der Waals surface area contributed by atoms with Crippen molar-refractivity contribution in [3.8, 4) is 0 Å². The van der Waals surface area contributed by atoms with Crippen molar-refractivity contribution in [3.63, 3.8) is 0 Å². The minimum absolute atomic E-state index is 0.0891. The SMILES string of the molecule is CCCCC(C(=O)OC)N1CCOCC1CC. The standard InChI is InChI=1S/C13H25NO3/c1-4-6-7-12(13(15)16-3)14-8-9-17-10-11(14)5-2/h11-12H,4-10H2,1-3H3. The average Bonchev–Trinajstić information content (AvgIpc) is 2.39. The molecule has 1 rings (SSSR count). The van der Waals surface area contributed by atoms with Crippen LogP contribution in [0.4, 0.5) is 0 Å². The number of hydrogen-bond donors (Lipinski definition) is 0. The van der Waals surface area contributed by atoms with Crippen molar-refractivity contribution in [1.29, 1.82) is 0 Å². The molecule has 4 nitrogen and oxygen atoms in total. The summed E-state index contributed by atoms with van der Waals surface area (Å²) in [5, 5.41) is 0. The Kier molecular flexibility index (Phi) is 6.52. The zero-order valence-electron chi connectivity index (χ0n) is 11.3. The third kappa shape index (κ3) is 3.96. The molecule has 0 aromatic heterocycles. The summed E-state index contributed by atoms with van der Waals surface area (Å²) in [7, 11) is 1.47. The van der Waals surface area contributed by atoms with E-state index in [1.54, 1.807) is 0 Å². The summed E-state index contributed by atoms with van der Waals surface area (Å²) < 4.78 is 10.4. The van der Waals surface area contributed by atoms with Gasteiger partial charge in [-0.25, -0.2) is 0 Å². The number of carbonyl (C=O) groups is 1. The molecule has 1 aliphatic heterocycles. The largest absolute Gasteiger partial charge is 0.468 e. The molecule has 1 fully saturated rings. The summed E-state index contributed by atoms with van der Waals surface area (Å²) in [4.78, 5) is 14.1. The molecule has 0 spiro atoms. The number of esters is 1. The van der Waals surface area contributed by atoms with E-state index < -0.39 is 0 Å². The second-order valence-corrected chi connectivity index (χ2v) is 4.56. The van der Waals surface area contributed by atoms with Crippen LogP contribution in [0.5, 0.6) is 0 Å². The van der Waals surface area contributed by atoms with Crippen molar-refractivity contribution in [1.82, 2.24) is 4.90 Å². The van der Waals surface area contributed by atoms with Gasteiger partial charge in [-0.15, -0.1) is 0 Å². The van der Waals surface area contributed by atoms with Gasteiger partial charge in [-0.1, -0.05) is 26.7 Å². The third-order valence-electron chi connectivity index (χ3n) is 3.45. The van der Waals surface area contributed by atoms with Crippen LogP contribution in [0.15, 0.2) is 0 Å². The molecule has 1 heterocycles. The molecule has 0 amide bonds. The van der Waals surface area contributed by atoms with E-state index in [-0.39, 0.29) is 12.0 Å². The molecule has 0 N–H and O–H groups in total. The van der Waals surface area contributed by atoms with Crippen molar-refractivity contribution in [2.45, 2.75) is 51.6 Å². The zero-order chi connectivity index (χ0) is 12.7. The Labute approximate surface area is 104 Å². The maximum Gasteiger partial charge on any atom is 0.323 e. The fraction of sp³-hybridized carbons (Fsp3) is 0.923. The molecule has 2 atom stereocenters. The number of unbranched alkanes of at least 4 members (excludes halogenated alkanes) is 1. The minimum Gasteiger partial charge on any atom is -0.468 e. The van der Waals surface area contributed by atoms with E-state index in [4.69, 9.17) is 9.47 Å². The first-order valence-electron chi connectivity index (χ1n) is 6.65. The third-order valence-corrected chi connectivity index (χ3v) is 3.45. The lowest BCUT2D eigenvalue weighted by atomic mass is 10.0. The van der Waals surface area contributed by atoms with Gasteiger partial charge >= 0.3 is 5.97 Å². The maximum absolute atomic E-state index is 11.9. The Bertz CT molecular complexity index is 233. The van der Waals surface area contributed by atoms with E-state index in [1.165, 1.54) is 7.11 Å². The fourth-order valence-electron chi connectivity index (χ4n) is 2.38. The highest BCUT2D eigenvalue weighted by Gasteiger charge is 2.32. The van der Waals surface area contributed by atoms with Crippen molar-refractivity contribution in [2.75, 3.05) is 26.9 Å². The van der Waals surface area contributed by atoms with Crippen LogP contribution in [0.3, 0.4) is 0 Å². The molecular formula is C13H25NO3. The van der Waals surface area contributed by atoms with E-state index in [0.29, 0.717) is 6.04 Å². The predicted molar refractivity (Wildman–Crippen MR) is 66.9 cm³/mol. The molecular weight excluding hydrogens is 218 g/mol. The molecule has 0 aromatic rings. The Morgan fingerprint density at radius 2 is 2.29 bits per heavy atom. The second-order valence-electron chi connectivity index (χ2n) is 4.56.